The Balaban J connectivity index is 1.75. The third-order valence-corrected chi connectivity index (χ3v) is 9.60. The number of hydrogen-bond acceptors (Lipinski definition) is 9. The lowest BCUT2D eigenvalue weighted by molar-refractivity contribution is -0.301. The van der Waals surface area contributed by atoms with E-state index in [1.54, 1.807) is 6.92 Å². The Morgan fingerprint density at radius 2 is 1.00 bits per heavy atom. The fourth-order valence-corrected chi connectivity index (χ4v) is 6.52. The molecule has 9 heteroatoms. The SMILES string of the molecule is C[C@@H](O)CC(=O)CCCCCCCCCCCCCCCCCCCCCCCCC[C@@H](O)CCO[C@H]1O[C@H](CO)[C@@H](O)[C@H](O)[C@@H]1O. The molecule has 1 heterocycles. The number of carbonyl (C=O) groups is 1. The van der Waals surface area contributed by atoms with Crippen LogP contribution in [-0.4, -0.2) is 92.5 Å². The van der Waals surface area contributed by atoms with Gasteiger partial charge in [-0.15, -0.1) is 0 Å². The van der Waals surface area contributed by atoms with Crippen LogP contribution < -0.4 is 0 Å². The van der Waals surface area contributed by atoms with Crippen molar-refractivity contribution in [3.8, 4) is 0 Å². The summed E-state index contributed by atoms with van der Waals surface area (Å²) in [6.45, 7) is 1.35. The first-order chi connectivity index (χ1) is 22.8. The summed E-state index contributed by atoms with van der Waals surface area (Å²) in [5.74, 6) is 0.200. The lowest BCUT2D eigenvalue weighted by Gasteiger charge is -2.39. The molecule has 1 aliphatic heterocycles. The second kappa shape index (κ2) is 30.2. The molecule has 1 aliphatic rings. The zero-order valence-electron chi connectivity index (χ0n) is 30.0. The third kappa shape index (κ3) is 24.2. The van der Waals surface area contributed by atoms with Gasteiger partial charge in [0, 0.05) is 12.8 Å². The van der Waals surface area contributed by atoms with Gasteiger partial charge in [0.1, 0.15) is 30.2 Å². The van der Waals surface area contributed by atoms with Crippen molar-refractivity contribution in [2.24, 2.45) is 0 Å². The molecule has 0 spiro atoms. The van der Waals surface area contributed by atoms with Crippen molar-refractivity contribution in [1.82, 2.24) is 0 Å². The minimum absolute atomic E-state index is 0.159. The maximum Gasteiger partial charge on any atom is 0.186 e. The molecule has 0 bridgehead atoms. The fourth-order valence-electron chi connectivity index (χ4n) is 6.52. The molecule has 47 heavy (non-hydrogen) atoms. The number of aliphatic hydroxyl groups excluding tert-OH is 6. The van der Waals surface area contributed by atoms with Crippen LogP contribution in [0.15, 0.2) is 0 Å². The highest BCUT2D eigenvalue weighted by Crippen LogP contribution is 2.22. The lowest BCUT2D eigenvalue weighted by atomic mass is 9.99. The van der Waals surface area contributed by atoms with Gasteiger partial charge in [-0.1, -0.05) is 141 Å². The first kappa shape index (κ1) is 44.4. The molecule has 0 aromatic rings. The van der Waals surface area contributed by atoms with E-state index in [0.29, 0.717) is 25.7 Å². The van der Waals surface area contributed by atoms with Crippen LogP contribution in [0.25, 0.3) is 0 Å². The van der Waals surface area contributed by atoms with Crippen LogP contribution in [0.3, 0.4) is 0 Å². The number of unbranched alkanes of at least 4 members (excludes halogenated alkanes) is 22. The third-order valence-electron chi connectivity index (χ3n) is 9.60. The average molecular weight is 675 g/mol. The van der Waals surface area contributed by atoms with E-state index < -0.39 is 49.5 Å². The van der Waals surface area contributed by atoms with Gasteiger partial charge < -0.3 is 40.1 Å². The summed E-state index contributed by atoms with van der Waals surface area (Å²) < 4.78 is 10.8. The zero-order valence-corrected chi connectivity index (χ0v) is 30.0. The molecule has 1 fully saturated rings. The van der Waals surface area contributed by atoms with Gasteiger partial charge in [0.25, 0.3) is 0 Å². The quantitative estimate of drug-likeness (QED) is 0.0420. The van der Waals surface area contributed by atoms with E-state index in [1.807, 2.05) is 0 Å². The second-order valence-electron chi connectivity index (χ2n) is 14.3. The molecule has 0 saturated carbocycles. The summed E-state index contributed by atoms with van der Waals surface area (Å²) in [6.07, 6.45) is 24.3. The molecule has 280 valence electrons. The summed E-state index contributed by atoms with van der Waals surface area (Å²) >= 11 is 0. The molecule has 0 aromatic heterocycles. The van der Waals surface area contributed by atoms with Gasteiger partial charge in [-0.25, -0.2) is 0 Å². The predicted octanol–water partition coefficient (Wildman–Crippen LogP) is 6.65. The van der Waals surface area contributed by atoms with Gasteiger partial charge in [0.05, 0.1) is 25.4 Å². The van der Waals surface area contributed by atoms with Gasteiger partial charge in [0.2, 0.25) is 0 Å². The Morgan fingerprint density at radius 3 is 1.40 bits per heavy atom. The molecule has 1 rings (SSSR count). The van der Waals surface area contributed by atoms with Gasteiger partial charge in [0.15, 0.2) is 6.29 Å². The van der Waals surface area contributed by atoms with Crippen molar-refractivity contribution in [2.45, 2.75) is 223 Å². The Bertz CT molecular complexity index is 705. The van der Waals surface area contributed by atoms with Crippen molar-refractivity contribution in [2.75, 3.05) is 13.2 Å². The summed E-state index contributed by atoms with van der Waals surface area (Å²) in [5.41, 5.74) is 0. The molecule has 0 amide bonds. The highest BCUT2D eigenvalue weighted by atomic mass is 16.7. The molecular weight excluding hydrogens is 600 g/mol. The largest absolute Gasteiger partial charge is 0.394 e. The van der Waals surface area contributed by atoms with Crippen molar-refractivity contribution >= 4 is 5.78 Å². The highest BCUT2D eigenvalue weighted by Gasteiger charge is 2.43. The van der Waals surface area contributed by atoms with Gasteiger partial charge in [-0.05, 0) is 26.2 Å². The number of carbonyl (C=O) groups excluding carboxylic acids is 1. The van der Waals surface area contributed by atoms with Crippen molar-refractivity contribution < 1.29 is 44.9 Å². The molecule has 0 aliphatic carbocycles. The Morgan fingerprint density at radius 1 is 0.596 bits per heavy atom. The van der Waals surface area contributed by atoms with Crippen molar-refractivity contribution in [3.05, 3.63) is 0 Å². The van der Waals surface area contributed by atoms with E-state index >= 15 is 0 Å². The summed E-state index contributed by atoms with van der Waals surface area (Å²) in [4.78, 5) is 11.6. The average Bonchev–Trinajstić information content (AvgIpc) is 3.04. The predicted molar refractivity (Wildman–Crippen MR) is 187 cm³/mol. The Kier molecular flexibility index (Phi) is 28.5. The lowest BCUT2D eigenvalue weighted by Crippen LogP contribution is -2.59. The monoisotopic (exact) mass is 675 g/mol. The molecule has 0 unspecified atom stereocenters. The van der Waals surface area contributed by atoms with Crippen LogP contribution in [0.1, 0.15) is 180 Å². The molecule has 6 N–H and O–H groups in total. The van der Waals surface area contributed by atoms with E-state index in [4.69, 9.17) is 9.47 Å². The summed E-state index contributed by atoms with van der Waals surface area (Å²) in [5, 5.41) is 58.3. The molecular formula is C38H74O9. The number of ketones is 1. The number of ether oxygens (including phenoxy) is 2. The molecule has 1 saturated heterocycles. The van der Waals surface area contributed by atoms with Crippen LogP contribution in [-0.2, 0) is 14.3 Å². The van der Waals surface area contributed by atoms with Gasteiger partial charge in [-0.3, -0.25) is 4.79 Å². The van der Waals surface area contributed by atoms with E-state index in [0.717, 1.165) is 25.7 Å². The second-order valence-corrected chi connectivity index (χ2v) is 14.3. The number of Topliss-reactive ketones (excluding diaryl/α,β-unsaturated/α-hetero) is 1. The molecule has 0 radical (unpaired) electrons. The van der Waals surface area contributed by atoms with Crippen molar-refractivity contribution in [1.29, 1.82) is 0 Å². The standard InChI is InChI=1S/C38H74O9/c1-31(40)29-33(42)26-24-22-20-18-16-14-12-10-8-6-4-2-3-5-7-9-11-13-15-17-19-21-23-25-32(41)27-28-46-38-37(45)36(44)35(43)34(30-39)47-38/h31-32,34-41,43-45H,2-30H2,1H3/t31-,32-,34-,35-,36+,37+,38+/m1/s1. The van der Waals surface area contributed by atoms with Gasteiger partial charge >= 0.3 is 0 Å². The van der Waals surface area contributed by atoms with E-state index in [-0.39, 0.29) is 12.4 Å². The Hall–Kier alpha value is -0.650. The maximum absolute atomic E-state index is 11.6. The van der Waals surface area contributed by atoms with E-state index in [9.17, 15) is 35.4 Å². The van der Waals surface area contributed by atoms with Crippen LogP contribution in [0.5, 0.6) is 0 Å². The minimum atomic E-state index is -1.45. The van der Waals surface area contributed by atoms with Crippen LogP contribution in [0, 0.1) is 0 Å². The summed E-state index contributed by atoms with van der Waals surface area (Å²) in [6, 6.07) is 0. The number of hydrogen-bond donors (Lipinski definition) is 6. The highest BCUT2D eigenvalue weighted by molar-refractivity contribution is 5.78. The zero-order chi connectivity index (χ0) is 34.5. The molecule has 7 atom stereocenters. The normalized spacial score (nSPS) is 22.8. The molecule has 9 nitrogen and oxygen atoms in total. The maximum atomic E-state index is 11.6. The van der Waals surface area contributed by atoms with Crippen LogP contribution >= 0.6 is 0 Å². The topological polar surface area (TPSA) is 157 Å². The van der Waals surface area contributed by atoms with E-state index in [1.165, 1.54) is 122 Å². The van der Waals surface area contributed by atoms with Crippen molar-refractivity contribution in [3.63, 3.8) is 0 Å². The molecule has 0 aromatic carbocycles. The Labute approximate surface area is 286 Å². The summed E-state index contributed by atoms with van der Waals surface area (Å²) in [7, 11) is 0. The smallest absolute Gasteiger partial charge is 0.186 e. The number of rotatable bonds is 33. The van der Waals surface area contributed by atoms with Gasteiger partial charge in [-0.2, -0.15) is 0 Å². The van der Waals surface area contributed by atoms with Crippen LogP contribution in [0.4, 0.5) is 0 Å². The first-order valence-electron chi connectivity index (χ1n) is 19.6. The minimum Gasteiger partial charge on any atom is -0.394 e. The fraction of sp³-hybridized carbons (Fsp3) is 0.974. The van der Waals surface area contributed by atoms with Crippen LogP contribution in [0.2, 0.25) is 0 Å². The first-order valence-corrected chi connectivity index (χ1v) is 19.6. The van der Waals surface area contributed by atoms with E-state index in [2.05, 4.69) is 0 Å². The number of aliphatic hydroxyl groups is 6.